The van der Waals surface area contributed by atoms with Gasteiger partial charge in [-0.1, -0.05) is 29.3 Å². The highest BCUT2D eigenvalue weighted by Crippen LogP contribution is 2.41. The summed E-state index contributed by atoms with van der Waals surface area (Å²) in [7, 11) is 0. The molecule has 108 valence electrons. The van der Waals surface area contributed by atoms with Crippen LogP contribution < -0.4 is 0 Å². The maximum absolute atomic E-state index is 11.2. The summed E-state index contributed by atoms with van der Waals surface area (Å²) in [6, 6.07) is 5.99. The van der Waals surface area contributed by atoms with Crippen LogP contribution in [0.15, 0.2) is 18.2 Å². The third-order valence-corrected chi connectivity index (χ3v) is 5.45. The molecule has 3 nitrogen and oxygen atoms in total. The second-order valence-corrected chi connectivity index (χ2v) is 6.69. The molecule has 3 atom stereocenters. The van der Waals surface area contributed by atoms with Crippen LogP contribution in [0.25, 0.3) is 0 Å². The molecule has 1 aromatic rings. The van der Waals surface area contributed by atoms with Gasteiger partial charge in [0.2, 0.25) is 0 Å². The zero-order valence-corrected chi connectivity index (χ0v) is 12.6. The van der Waals surface area contributed by atoms with Gasteiger partial charge in [-0.2, -0.15) is 0 Å². The summed E-state index contributed by atoms with van der Waals surface area (Å²) in [5.41, 5.74) is 1.19. The first-order valence-corrected chi connectivity index (χ1v) is 7.73. The number of benzene rings is 1. The topological polar surface area (TPSA) is 40.5 Å². The van der Waals surface area contributed by atoms with Crippen molar-refractivity contribution in [1.29, 1.82) is 0 Å². The molecule has 20 heavy (non-hydrogen) atoms. The van der Waals surface area contributed by atoms with E-state index in [1.54, 1.807) is 4.90 Å². The standard InChI is InChI=1S/C15H17Cl2NO2/c16-13-4-1-9(6-14(13)17)5-11-7-12-3-2-10(11)8-18(12)15(19)20/h1,4,6,10-12H,2-3,5,7-8H2,(H,19,20). The maximum Gasteiger partial charge on any atom is 0.407 e. The third kappa shape index (κ3) is 2.61. The third-order valence-electron chi connectivity index (χ3n) is 4.71. The van der Waals surface area contributed by atoms with Crippen LogP contribution in [0.5, 0.6) is 0 Å². The Balaban J connectivity index is 1.71. The minimum Gasteiger partial charge on any atom is -0.465 e. The number of amides is 1. The molecule has 4 rings (SSSR count). The molecule has 1 N–H and O–H groups in total. The summed E-state index contributed by atoms with van der Waals surface area (Å²) < 4.78 is 0. The van der Waals surface area contributed by atoms with Crippen LogP contribution in [-0.2, 0) is 6.42 Å². The van der Waals surface area contributed by atoms with Gasteiger partial charge in [-0.3, -0.25) is 0 Å². The smallest absolute Gasteiger partial charge is 0.407 e. The van der Waals surface area contributed by atoms with E-state index in [2.05, 4.69) is 0 Å². The van der Waals surface area contributed by atoms with E-state index in [0.717, 1.165) is 25.7 Å². The number of hydrogen-bond acceptors (Lipinski definition) is 1. The molecule has 1 saturated carbocycles. The Hall–Kier alpha value is -0.930. The van der Waals surface area contributed by atoms with Crippen molar-refractivity contribution in [3.63, 3.8) is 0 Å². The van der Waals surface area contributed by atoms with Crippen LogP contribution >= 0.6 is 23.2 Å². The van der Waals surface area contributed by atoms with Crippen LogP contribution in [0.1, 0.15) is 24.8 Å². The lowest BCUT2D eigenvalue weighted by atomic mass is 9.70. The van der Waals surface area contributed by atoms with Crippen LogP contribution in [0.4, 0.5) is 4.79 Å². The number of rotatable bonds is 2. The van der Waals surface area contributed by atoms with Crippen LogP contribution in [-0.4, -0.2) is 28.7 Å². The SMILES string of the molecule is O=C(O)N1CC2CCC1CC2Cc1ccc(Cl)c(Cl)c1. The van der Waals surface area contributed by atoms with Crippen molar-refractivity contribution in [3.8, 4) is 0 Å². The maximum atomic E-state index is 11.2. The van der Waals surface area contributed by atoms with Gasteiger partial charge >= 0.3 is 6.09 Å². The second kappa shape index (κ2) is 5.45. The first-order chi connectivity index (χ1) is 9.54. The van der Waals surface area contributed by atoms with E-state index in [1.165, 1.54) is 5.56 Å². The average molecular weight is 314 g/mol. The lowest BCUT2D eigenvalue weighted by molar-refractivity contribution is 0.0133. The molecule has 0 radical (unpaired) electrons. The van der Waals surface area contributed by atoms with Gasteiger partial charge < -0.3 is 10.0 Å². The quantitative estimate of drug-likeness (QED) is 0.883. The fraction of sp³-hybridized carbons (Fsp3) is 0.533. The van der Waals surface area contributed by atoms with E-state index in [0.29, 0.717) is 28.4 Å². The fourth-order valence-corrected chi connectivity index (χ4v) is 4.00. The lowest BCUT2D eigenvalue weighted by Gasteiger charge is -2.48. The van der Waals surface area contributed by atoms with Gasteiger partial charge in [0, 0.05) is 12.6 Å². The van der Waals surface area contributed by atoms with Crippen molar-refractivity contribution in [3.05, 3.63) is 33.8 Å². The van der Waals surface area contributed by atoms with Crippen molar-refractivity contribution in [2.24, 2.45) is 11.8 Å². The van der Waals surface area contributed by atoms with Crippen molar-refractivity contribution in [2.45, 2.75) is 31.7 Å². The molecule has 2 aliphatic heterocycles. The highest BCUT2D eigenvalue weighted by Gasteiger charge is 2.42. The number of fused-ring (bicyclic) bond motifs is 3. The van der Waals surface area contributed by atoms with E-state index >= 15 is 0 Å². The average Bonchev–Trinajstić information content (AvgIpc) is 2.43. The Bertz CT molecular complexity index is 535. The van der Waals surface area contributed by atoms with Crippen molar-refractivity contribution < 1.29 is 9.90 Å². The molecule has 2 saturated heterocycles. The fourth-order valence-electron chi connectivity index (χ4n) is 3.68. The van der Waals surface area contributed by atoms with Crippen LogP contribution in [0.3, 0.4) is 0 Å². The van der Waals surface area contributed by atoms with E-state index in [4.69, 9.17) is 23.2 Å². The predicted molar refractivity (Wildman–Crippen MR) is 79.5 cm³/mol. The summed E-state index contributed by atoms with van der Waals surface area (Å²) in [4.78, 5) is 12.8. The number of carbonyl (C=O) groups is 1. The van der Waals surface area contributed by atoms with Crippen molar-refractivity contribution in [1.82, 2.24) is 4.90 Å². The zero-order chi connectivity index (χ0) is 14.3. The number of hydrogen-bond donors (Lipinski definition) is 1. The van der Waals surface area contributed by atoms with Crippen LogP contribution in [0.2, 0.25) is 10.0 Å². The molecule has 3 aliphatic rings. The van der Waals surface area contributed by atoms with Crippen molar-refractivity contribution >= 4 is 29.3 Å². The molecular formula is C15H17Cl2NO2. The molecule has 5 heteroatoms. The van der Waals surface area contributed by atoms with Gasteiger partial charge in [0.05, 0.1) is 10.0 Å². The largest absolute Gasteiger partial charge is 0.465 e. The highest BCUT2D eigenvalue weighted by molar-refractivity contribution is 6.42. The van der Waals surface area contributed by atoms with Gasteiger partial charge in [0.15, 0.2) is 0 Å². The Morgan fingerprint density at radius 1 is 1.30 bits per heavy atom. The Labute approximate surface area is 128 Å². The minimum atomic E-state index is -0.771. The number of nitrogens with zero attached hydrogens (tertiary/aromatic N) is 1. The van der Waals surface area contributed by atoms with Crippen molar-refractivity contribution in [2.75, 3.05) is 6.54 Å². The molecule has 0 aromatic heterocycles. The highest BCUT2D eigenvalue weighted by atomic mass is 35.5. The molecule has 3 unspecified atom stereocenters. The molecule has 1 aromatic carbocycles. The summed E-state index contributed by atoms with van der Waals surface area (Å²) >= 11 is 12.0. The molecule has 0 spiro atoms. The number of piperidine rings is 2. The van der Waals surface area contributed by atoms with E-state index in [9.17, 15) is 9.90 Å². The number of halogens is 2. The molecule has 2 bridgehead atoms. The first-order valence-electron chi connectivity index (χ1n) is 6.98. The number of carboxylic acid groups (broad SMARTS) is 1. The van der Waals surface area contributed by atoms with Crippen LogP contribution in [0, 0.1) is 11.8 Å². The summed E-state index contributed by atoms with van der Waals surface area (Å²) in [6.07, 6.45) is 3.31. The Kier molecular flexibility index (Phi) is 3.83. The molecule has 1 aliphatic carbocycles. The van der Waals surface area contributed by atoms with Gasteiger partial charge in [0.1, 0.15) is 0 Å². The van der Waals surface area contributed by atoms with Gasteiger partial charge in [-0.05, 0) is 55.2 Å². The molecule has 1 amide bonds. The Morgan fingerprint density at radius 3 is 2.70 bits per heavy atom. The monoisotopic (exact) mass is 313 g/mol. The zero-order valence-electron chi connectivity index (χ0n) is 11.1. The van der Waals surface area contributed by atoms with Gasteiger partial charge in [-0.25, -0.2) is 4.79 Å². The predicted octanol–water partition coefficient (Wildman–Crippen LogP) is 4.31. The normalized spacial score (nSPS) is 28.7. The second-order valence-electron chi connectivity index (χ2n) is 5.87. The summed E-state index contributed by atoms with van der Waals surface area (Å²) in [6.45, 7) is 0.686. The van der Waals surface area contributed by atoms with E-state index < -0.39 is 6.09 Å². The summed E-state index contributed by atoms with van der Waals surface area (Å²) in [5.74, 6) is 1.03. The van der Waals surface area contributed by atoms with E-state index in [-0.39, 0.29) is 6.04 Å². The van der Waals surface area contributed by atoms with E-state index in [1.807, 2.05) is 18.2 Å². The molecular weight excluding hydrogens is 297 g/mol. The van der Waals surface area contributed by atoms with Gasteiger partial charge in [-0.15, -0.1) is 0 Å². The minimum absolute atomic E-state index is 0.199. The Morgan fingerprint density at radius 2 is 2.10 bits per heavy atom. The molecule has 2 heterocycles. The molecule has 3 fully saturated rings. The summed E-state index contributed by atoms with van der Waals surface area (Å²) in [5, 5.41) is 10.4. The first kappa shape index (κ1) is 14.0. The van der Waals surface area contributed by atoms with Gasteiger partial charge in [0.25, 0.3) is 0 Å². The lowest BCUT2D eigenvalue weighted by Crippen LogP contribution is -2.54.